The number of carbonyl (C=O) groups is 1. The van der Waals surface area contributed by atoms with Crippen molar-refractivity contribution in [3.05, 3.63) is 23.8 Å². The summed E-state index contributed by atoms with van der Waals surface area (Å²) in [6.45, 7) is 3.92. The molecular weight excluding hydrogens is 280 g/mol. The van der Waals surface area contributed by atoms with E-state index in [4.69, 9.17) is 9.29 Å². The third kappa shape index (κ3) is 4.94. The molecule has 5 nitrogen and oxygen atoms in total. The number of ether oxygens (including phenoxy) is 1. The fraction of sp³-hybridized carbons (Fsp3) is 0.500. The molecule has 0 unspecified atom stereocenters. The molecule has 0 heterocycles. The second-order valence-electron chi connectivity index (χ2n) is 4.54. The summed E-state index contributed by atoms with van der Waals surface area (Å²) in [5.74, 6) is -0.593. The number of rotatable bonds is 7. The Bertz CT molecular complexity index is 563. The van der Waals surface area contributed by atoms with Crippen molar-refractivity contribution in [2.75, 3.05) is 0 Å². The Kier molecular flexibility index (Phi) is 6.16. The van der Waals surface area contributed by atoms with Gasteiger partial charge in [0.25, 0.3) is 10.1 Å². The van der Waals surface area contributed by atoms with Crippen LogP contribution in [-0.4, -0.2) is 18.9 Å². The van der Waals surface area contributed by atoms with Crippen molar-refractivity contribution in [1.82, 2.24) is 0 Å². The Morgan fingerprint density at radius 3 is 2.50 bits per heavy atom. The maximum atomic E-state index is 11.7. The molecule has 112 valence electrons. The summed E-state index contributed by atoms with van der Waals surface area (Å²) in [4.78, 5) is 11.3. The number of unbranched alkanes of at least 4 members (excludes halogenated alkanes) is 2. The molecule has 0 fully saturated rings. The van der Waals surface area contributed by atoms with Crippen LogP contribution >= 0.6 is 0 Å². The number of benzene rings is 1. The van der Waals surface area contributed by atoms with Crippen molar-refractivity contribution in [1.29, 1.82) is 0 Å². The quantitative estimate of drug-likeness (QED) is 0.362. The van der Waals surface area contributed by atoms with Gasteiger partial charge in [-0.1, -0.05) is 32.8 Å². The van der Waals surface area contributed by atoms with Gasteiger partial charge in [0.15, 0.2) is 5.75 Å². The van der Waals surface area contributed by atoms with Crippen LogP contribution in [0.1, 0.15) is 45.1 Å². The first-order valence-electron chi connectivity index (χ1n) is 6.69. The normalized spacial score (nSPS) is 11.3. The summed E-state index contributed by atoms with van der Waals surface area (Å²) < 4.78 is 36.7. The maximum absolute atomic E-state index is 11.7. The molecular formula is C14H20O5S. The maximum Gasteiger partial charge on any atom is 0.311 e. The molecule has 1 aromatic rings. The van der Waals surface area contributed by atoms with Gasteiger partial charge < -0.3 is 4.74 Å². The molecule has 0 aromatic heterocycles. The molecule has 1 rings (SSSR count). The number of carbonyl (C=O) groups excluding carboxylic acids is 1. The standard InChI is InChI=1S/C14H20O5S/c1-3-5-6-7-14(15)19-12-10-11(4-2)8-9-13(12)20(16,17)18/h8-10H,3-7H2,1-2H3,(H,16,17,18). The lowest BCUT2D eigenvalue weighted by Gasteiger charge is -2.09. The molecule has 0 radical (unpaired) electrons. The number of esters is 1. The molecule has 0 aliphatic rings. The molecule has 0 aliphatic heterocycles. The SMILES string of the molecule is CCCCCC(=O)Oc1cc(CC)ccc1S(=O)(=O)O. The summed E-state index contributed by atoms with van der Waals surface area (Å²) in [6, 6.07) is 4.31. The topological polar surface area (TPSA) is 80.7 Å². The lowest BCUT2D eigenvalue weighted by molar-refractivity contribution is -0.134. The second-order valence-corrected chi connectivity index (χ2v) is 5.93. The smallest absolute Gasteiger partial charge is 0.311 e. The van der Waals surface area contributed by atoms with Crippen molar-refractivity contribution >= 4 is 16.1 Å². The Labute approximate surface area is 119 Å². The molecule has 0 bridgehead atoms. The summed E-state index contributed by atoms with van der Waals surface area (Å²) in [7, 11) is -4.41. The van der Waals surface area contributed by atoms with E-state index in [1.165, 1.54) is 12.1 Å². The van der Waals surface area contributed by atoms with Crippen molar-refractivity contribution < 1.29 is 22.5 Å². The third-order valence-electron chi connectivity index (χ3n) is 2.90. The van der Waals surface area contributed by atoms with Gasteiger partial charge in [0.1, 0.15) is 4.90 Å². The fourth-order valence-corrected chi connectivity index (χ4v) is 2.35. The minimum Gasteiger partial charge on any atom is -0.425 e. The zero-order valence-electron chi connectivity index (χ0n) is 11.8. The van der Waals surface area contributed by atoms with Crippen molar-refractivity contribution in [2.24, 2.45) is 0 Å². The predicted octanol–water partition coefficient (Wildman–Crippen LogP) is 2.98. The molecule has 0 aliphatic carbocycles. The van der Waals surface area contributed by atoms with E-state index < -0.39 is 16.1 Å². The lowest BCUT2D eigenvalue weighted by atomic mass is 10.1. The van der Waals surface area contributed by atoms with Gasteiger partial charge in [-0.15, -0.1) is 0 Å². The molecule has 0 amide bonds. The largest absolute Gasteiger partial charge is 0.425 e. The summed E-state index contributed by atoms with van der Waals surface area (Å²) >= 11 is 0. The molecule has 0 spiro atoms. The minimum absolute atomic E-state index is 0.103. The average molecular weight is 300 g/mol. The summed E-state index contributed by atoms with van der Waals surface area (Å²) in [5.41, 5.74) is 0.828. The van der Waals surface area contributed by atoms with Crippen LogP contribution in [0.2, 0.25) is 0 Å². The van der Waals surface area contributed by atoms with Crippen LogP contribution < -0.4 is 4.74 Å². The Hall–Kier alpha value is -1.40. The van der Waals surface area contributed by atoms with Gasteiger partial charge in [0, 0.05) is 6.42 Å². The van der Waals surface area contributed by atoms with E-state index in [2.05, 4.69) is 0 Å². The van der Waals surface area contributed by atoms with E-state index in [1.54, 1.807) is 6.07 Å². The highest BCUT2D eigenvalue weighted by molar-refractivity contribution is 7.86. The third-order valence-corrected chi connectivity index (χ3v) is 3.80. The second kappa shape index (κ2) is 7.40. The summed E-state index contributed by atoms with van der Waals surface area (Å²) in [6.07, 6.45) is 3.50. The van der Waals surface area contributed by atoms with Gasteiger partial charge >= 0.3 is 5.97 Å². The van der Waals surface area contributed by atoms with Crippen LogP contribution in [0, 0.1) is 0 Å². The van der Waals surface area contributed by atoms with Gasteiger partial charge in [0.2, 0.25) is 0 Å². The molecule has 1 N–H and O–H groups in total. The van der Waals surface area contributed by atoms with Gasteiger partial charge in [-0.2, -0.15) is 8.42 Å². The van der Waals surface area contributed by atoms with Crippen LogP contribution in [0.25, 0.3) is 0 Å². The number of hydrogen-bond acceptors (Lipinski definition) is 4. The average Bonchev–Trinajstić information content (AvgIpc) is 2.37. The number of hydrogen-bond donors (Lipinski definition) is 1. The minimum atomic E-state index is -4.41. The van der Waals surface area contributed by atoms with Gasteiger partial charge in [0.05, 0.1) is 0 Å². The van der Waals surface area contributed by atoms with Gasteiger partial charge in [-0.3, -0.25) is 9.35 Å². The Morgan fingerprint density at radius 2 is 1.95 bits per heavy atom. The molecule has 0 saturated carbocycles. The van der Waals surface area contributed by atoms with Crippen molar-refractivity contribution in [2.45, 2.75) is 50.8 Å². The van der Waals surface area contributed by atoms with Crippen molar-refractivity contribution in [3.8, 4) is 5.75 Å². The van der Waals surface area contributed by atoms with E-state index >= 15 is 0 Å². The van der Waals surface area contributed by atoms with Gasteiger partial charge in [-0.05, 0) is 30.5 Å². The van der Waals surface area contributed by atoms with Crippen LogP contribution in [0.4, 0.5) is 0 Å². The fourth-order valence-electron chi connectivity index (χ4n) is 1.76. The molecule has 1 aromatic carbocycles. The van der Waals surface area contributed by atoms with Gasteiger partial charge in [-0.25, -0.2) is 0 Å². The Morgan fingerprint density at radius 1 is 1.25 bits per heavy atom. The van der Waals surface area contributed by atoms with Crippen LogP contribution in [0.15, 0.2) is 23.1 Å². The highest BCUT2D eigenvalue weighted by Crippen LogP contribution is 2.26. The van der Waals surface area contributed by atoms with Crippen LogP contribution in [0.5, 0.6) is 5.75 Å². The van der Waals surface area contributed by atoms with Crippen LogP contribution in [-0.2, 0) is 21.3 Å². The van der Waals surface area contributed by atoms with E-state index in [0.717, 1.165) is 18.4 Å². The summed E-state index contributed by atoms with van der Waals surface area (Å²) in [5, 5.41) is 0. The lowest BCUT2D eigenvalue weighted by Crippen LogP contribution is -2.11. The first-order valence-corrected chi connectivity index (χ1v) is 8.13. The van der Waals surface area contributed by atoms with Crippen molar-refractivity contribution in [3.63, 3.8) is 0 Å². The zero-order chi connectivity index (χ0) is 15.2. The predicted molar refractivity (Wildman–Crippen MR) is 75.4 cm³/mol. The Balaban J connectivity index is 2.94. The molecule has 20 heavy (non-hydrogen) atoms. The first kappa shape index (κ1) is 16.7. The highest BCUT2D eigenvalue weighted by Gasteiger charge is 2.19. The van der Waals surface area contributed by atoms with Crippen LogP contribution in [0.3, 0.4) is 0 Å². The van der Waals surface area contributed by atoms with E-state index in [-0.39, 0.29) is 17.1 Å². The zero-order valence-corrected chi connectivity index (χ0v) is 12.6. The molecule has 0 saturated heterocycles. The van der Waals surface area contributed by atoms with E-state index in [1.807, 2.05) is 13.8 Å². The highest BCUT2D eigenvalue weighted by atomic mass is 32.2. The molecule has 6 heteroatoms. The number of aryl methyl sites for hydroxylation is 1. The van der Waals surface area contributed by atoms with E-state index in [0.29, 0.717) is 12.8 Å². The van der Waals surface area contributed by atoms with E-state index in [9.17, 15) is 13.2 Å². The first-order chi connectivity index (χ1) is 9.38. The molecule has 0 atom stereocenters. The monoisotopic (exact) mass is 300 g/mol.